The van der Waals surface area contributed by atoms with Crippen molar-refractivity contribution in [2.75, 3.05) is 5.32 Å². The Morgan fingerprint density at radius 2 is 1.70 bits per heavy atom. The summed E-state index contributed by atoms with van der Waals surface area (Å²) in [6.45, 7) is 4.12. The van der Waals surface area contributed by atoms with E-state index in [9.17, 15) is 22.8 Å². The van der Waals surface area contributed by atoms with E-state index in [-0.39, 0.29) is 5.69 Å². The number of alkyl halides is 3. The minimum absolute atomic E-state index is 0.141. The Morgan fingerprint density at radius 1 is 1.04 bits per heavy atom. The van der Waals surface area contributed by atoms with Crippen LogP contribution in [-0.4, -0.2) is 18.0 Å². The fraction of sp³-hybridized carbons (Fsp3) is 0.211. The summed E-state index contributed by atoms with van der Waals surface area (Å²) in [4.78, 5) is 23.5. The zero-order chi connectivity index (χ0) is 20.0. The molecule has 2 aromatic carbocycles. The molecule has 0 aliphatic rings. The lowest BCUT2D eigenvalue weighted by Crippen LogP contribution is -2.32. The van der Waals surface area contributed by atoms with E-state index < -0.39 is 23.6 Å². The van der Waals surface area contributed by atoms with Crippen LogP contribution >= 0.6 is 0 Å². The number of amides is 2. The van der Waals surface area contributed by atoms with Gasteiger partial charge in [0.1, 0.15) is 0 Å². The van der Waals surface area contributed by atoms with Crippen LogP contribution in [0.4, 0.5) is 18.9 Å². The van der Waals surface area contributed by atoms with Crippen LogP contribution in [0, 0.1) is 0 Å². The Morgan fingerprint density at radius 3 is 2.30 bits per heavy atom. The zero-order valence-electron chi connectivity index (χ0n) is 14.7. The van der Waals surface area contributed by atoms with Gasteiger partial charge in [-0.3, -0.25) is 9.59 Å². The van der Waals surface area contributed by atoms with Gasteiger partial charge in [0, 0.05) is 5.69 Å². The predicted octanol–water partition coefficient (Wildman–Crippen LogP) is 3.92. The maximum atomic E-state index is 12.6. The zero-order valence-corrected chi connectivity index (χ0v) is 14.7. The van der Waals surface area contributed by atoms with E-state index in [1.54, 1.807) is 0 Å². The molecule has 2 rings (SSSR count). The average molecular weight is 377 g/mol. The molecule has 0 bridgehead atoms. The van der Waals surface area contributed by atoms with Crippen LogP contribution in [0.2, 0.25) is 0 Å². The maximum absolute atomic E-state index is 12.6. The lowest BCUT2D eigenvalue weighted by molar-refractivity contribution is -0.137. The van der Waals surface area contributed by atoms with Gasteiger partial charge < -0.3 is 5.32 Å². The molecule has 142 valence electrons. The van der Waals surface area contributed by atoms with Gasteiger partial charge in [0.15, 0.2) is 0 Å². The molecule has 0 fully saturated rings. The number of benzene rings is 2. The van der Waals surface area contributed by atoms with Crippen molar-refractivity contribution in [1.29, 1.82) is 0 Å². The van der Waals surface area contributed by atoms with Gasteiger partial charge in [0.05, 0.1) is 11.8 Å². The number of carbonyl (C=O) groups is 2. The molecule has 27 heavy (non-hydrogen) atoms. The van der Waals surface area contributed by atoms with E-state index in [0.717, 1.165) is 29.3 Å². The Labute approximate surface area is 154 Å². The van der Waals surface area contributed by atoms with Gasteiger partial charge in [0.2, 0.25) is 0 Å². The van der Waals surface area contributed by atoms with Gasteiger partial charge in [0.25, 0.3) is 0 Å². The molecule has 8 heteroatoms. The number of hydrogen-bond donors (Lipinski definition) is 2. The monoisotopic (exact) mass is 377 g/mol. The Hall–Kier alpha value is -3.16. The van der Waals surface area contributed by atoms with E-state index >= 15 is 0 Å². The van der Waals surface area contributed by atoms with E-state index in [1.807, 2.05) is 29.7 Å². The highest BCUT2D eigenvalue weighted by molar-refractivity contribution is 6.39. The van der Waals surface area contributed by atoms with Crippen molar-refractivity contribution in [2.24, 2.45) is 5.10 Å². The normalized spacial score (nSPS) is 11.6. The smallest absolute Gasteiger partial charge is 0.318 e. The van der Waals surface area contributed by atoms with E-state index in [0.29, 0.717) is 5.92 Å². The van der Waals surface area contributed by atoms with E-state index in [1.165, 1.54) is 12.3 Å². The number of carbonyl (C=O) groups excluding carboxylic acids is 2. The number of rotatable bonds is 4. The summed E-state index contributed by atoms with van der Waals surface area (Å²) in [5.41, 5.74) is 2.83. The second-order valence-corrected chi connectivity index (χ2v) is 6.05. The molecule has 0 saturated carbocycles. The number of hydrazone groups is 1. The van der Waals surface area contributed by atoms with Gasteiger partial charge in [-0.05, 0) is 35.2 Å². The highest BCUT2D eigenvalue weighted by Crippen LogP contribution is 2.30. The van der Waals surface area contributed by atoms with Gasteiger partial charge in [-0.25, -0.2) is 5.43 Å². The van der Waals surface area contributed by atoms with Crippen molar-refractivity contribution >= 4 is 23.7 Å². The van der Waals surface area contributed by atoms with Gasteiger partial charge in [-0.2, -0.15) is 18.3 Å². The van der Waals surface area contributed by atoms with Crippen LogP contribution in [0.15, 0.2) is 53.6 Å². The highest BCUT2D eigenvalue weighted by atomic mass is 19.4. The second kappa shape index (κ2) is 8.48. The van der Waals surface area contributed by atoms with Crippen LogP contribution in [0.25, 0.3) is 0 Å². The number of nitrogens with one attached hydrogen (secondary N) is 2. The molecule has 0 heterocycles. The summed E-state index contributed by atoms with van der Waals surface area (Å²) in [5, 5.41) is 5.77. The topological polar surface area (TPSA) is 70.6 Å². The molecule has 2 amide bonds. The maximum Gasteiger partial charge on any atom is 0.416 e. The molecule has 2 aromatic rings. The van der Waals surface area contributed by atoms with Crippen molar-refractivity contribution in [1.82, 2.24) is 5.43 Å². The minimum atomic E-state index is -4.54. The molecule has 0 atom stereocenters. The standard InChI is InChI=1S/C19H18F3N3O2/c1-12(2)14-8-6-13(7-9-14)11-23-25-18(27)17(26)24-16-5-3-4-15(10-16)19(20,21)22/h3-12H,1-2H3,(H,24,26)(H,25,27). The first kappa shape index (κ1) is 20.2. The van der Waals surface area contributed by atoms with Crippen LogP contribution in [0.5, 0.6) is 0 Å². The summed E-state index contributed by atoms with van der Waals surface area (Å²) in [6.07, 6.45) is -3.18. The fourth-order valence-corrected chi connectivity index (χ4v) is 2.14. The van der Waals surface area contributed by atoms with Gasteiger partial charge in [-0.15, -0.1) is 0 Å². The molecule has 0 aliphatic heterocycles. The van der Waals surface area contributed by atoms with Crippen molar-refractivity contribution in [2.45, 2.75) is 25.9 Å². The highest BCUT2D eigenvalue weighted by Gasteiger charge is 2.30. The summed E-state index contributed by atoms with van der Waals surface area (Å²) in [7, 11) is 0. The number of hydrogen-bond acceptors (Lipinski definition) is 3. The summed E-state index contributed by atoms with van der Waals surface area (Å²) in [5.74, 6) is -1.83. The lowest BCUT2D eigenvalue weighted by Gasteiger charge is -2.09. The number of halogens is 3. The molecule has 2 N–H and O–H groups in total. The first-order chi connectivity index (χ1) is 12.7. The van der Waals surface area contributed by atoms with Crippen LogP contribution in [-0.2, 0) is 15.8 Å². The summed E-state index contributed by atoms with van der Waals surface area (Å²) >= 11 is 0. The lowest BCUT2D eigenvalue weighted by atomic mass is 10.0. The molecule has 5 nitrogen and oxygen atoms in total. The predicted molar refractivity (Wildman–Crippen MR) is 96.3 cm³/mol. The Kier molecular flexibility index (Phi) is 6.33. The third kappa shape index (κ3) is 5.95. The second-order valence-electron chi connectivity index (χ2n) is 6.05. The molecule has 0 aliphatic carbocycles. The molecule has 0 aromatic heterocycles. The summed E-state index contributed by atoms with van der Waals surface area (Å²) in [6, 6.07) is 11.5. The average Bonchev–Trinajstić information content (AvgIpc) is 2.61. The fourth-order valence-electron chi connectivity index (χ4n) is 2.14. The van der Waals surface area contributed by atoms with E-state index in [4.69, 9.17) is 0 Å². The van der Waals surface area contributed by atoms with Crippen molar-refractivity contribution < 1.29 is 22.8 Å². The van der Waals surface area contributed by atoms with Crippen LogP contribution < -0.4 is 10.7 Å². The largest absolute Gasteiger partial charge is 0.416 e. The molecule has 0 saturated heterocycles. The first-order valence-electron chi connectivity index (χ1n) is 8.08. The van der Waals surface area contributed by atoms with Gasteiger partial charge >= 0.3 is 18.0 Å². The third-order valence-electron chi connectivity index (χ3n) is 3.64. The molecule has 0 spiro atoms. The van der Waals surface area contributed by atoms with Crippen molar-refractivity contribution in [3.05, 3.63) is 65.2 Å². The van der Waals surface area contributed by atoms with Crippen molar-refractivity contribution in [3.63, 3.8) is 0 Å². The molecular formula is C19H18F3N3O2. The quantitative estimate of drug-likeness (QED) is 0.482. The molecular weight excluding hydrogens is 359 g/mol. The van der Waals surface area contributed by atoms with Crippen molar-refractivity contribution in [3.8, 4) is 0 Å². The van der Waals surface area contributed by atoms with Crippen LogP contribution in [0.3, 0.4) is 0 Å². The SMILES string of the molecule is CC(C)c1ccc(C=NNC(=O)C(=O)Nc2cccc(C(F)(F)F)c2)cc1. The van der Waals surface area contributed by atoms with Crippen LogP contribution in [0.1, 0.15) is 36.5 Å². The minimum Gasteiger partial charge on any atom is -0.318 e. The van der Waals surface area contributed by atoms with Gasteiger partial charge in [-0.1, -0.05) is 44.2 Å². The summed E-state index contributed by atoms with van der Waals surface area (Å²) < 4.78 is 37.9. The molecule has 0 unspecified atom stereocenters. The first-order valence-corrected chi connectivity index (χ1v) is 8.08. The molecule has 0 radical (unpaired) electrons. The Bertz CT molecular complexity index is 844. The number of nitrogens with zero attached hydrogens (tertiary/aromatic N) is 1. The number of anilines is 1. The van der Waals surface area contributed by atoms with E-state index in [2.05, 4.69) is 24.3 Å². The third-order valence-corrected chi connectivity index (χ3v) is 3.64. The Balaban J connectivity index is 1.93.